The van der Waals surface area contributed by atoms with Crippen molar-refractivity contribution in [1.82, 2.24) is 0 Å². The summed E-state index contributed by atoms with van der Waals surface area (Å²) in [5, 5.41) is 9.07. The third-order valence-electron chi connectivity index (χ3n) is 2.09. The van der Waals surface area contributed by atoms with E-state index in [2.05, 4.69) is 0 Å². The molecule has 1 nitrogen and oxygen atoms in total. The molecule has 0 radical (unpaired) electrons. The minimum absolute atomic E-state index is 0.0197. The number of benzene rings is 1. The zero-order chi connectivity index (χ0) is 15.4. The summed E-state index contributed by atoms with van der Waals surface area (Å²) in [6.07, 6.45) is -11.2. The van der Waals surface area contributed by atoms with E-state index in [1.807, 2.05) is 13.8 Å². The van der Waals surface area contributed by atoms with Gasteiger partial charge in [0, 0.05) is 0 Å². The van der Waals surface area contributed by atoms with Crippen LogP contribution in [0.15, 0.2) is 18.2 Å². The molecule has 0 amide bonds. The summed E-state index contributed by atoms with van der Waals surface area (Å²) in [6, 6.07) is 1.02. The van der Waals surface area contributed by atoms with Crippen LogP contribution in [0.2, 0.25) is 0 Å². The first-order valence-corrected chi connectivity index (χ1v) is 5.49. The van der Waals surface area contributed by atoms with Gasteiger partial charge in [0.25, 0.3) is 0 Å². The zero-order valence-corrected chi connectivity index (χ0v) is 10.5. The predicted octanol–water partition coefficient (Wildman–Crippen LogP) is 4.80. The van der Waals surface area contributed by atoms with Crippen molar-refractivity contribution in [2.24, 2.45) is 0 Å². The highest BCUT2D eigenvalue weighted by Crippen LogP contribution is 2.37. The Hall–Kier alpha value is -1.24. The summed E-state index contributed by atoms with van der Waals surface area (Å²) in [5.41, 5.74) is -3.28. The first-order chi connectivity index (χ1) is 8.51. The van der Waals surface area contributed by atoms with Gasteiger partial charge in [0.15, 0.2) is 0 Å². The second-order valence-corrected chi connectivity index (χ2v) is 3.52. The number of aliphatic hydroxyl groups is 1. The monoisotopic (exact) mass is 288 g/mol. The Morgan fingerprint density at radius 2 is 1.16 bits per heavy atom. The third-order valence-corrected chi connectivity index (χ3v) is 2.09. The SMILES string of the molecule is CC.CC(O)c1cc(C(F)(F)F)cc(C(F)(F)F)c1. The molecule has 0 bridgehead atoms. The Balaban J connectivity index is 0.00000154. The van der Waals surface area contributed by atoms with Crippen molar-refractivity contribution < 1.29 is 31.4 Å². The van der Waals surface area contributed by atoms with E-state index >= 15 is 0 Å². The Labute approximate surface area is 106 Å². The van der Waals surface area contributed by atoms with Crippen LogP contribution in [0.4, 0.5) is 26.3 Å². The molecule has 19 heavy (non-hydrogen) atoms. The summed E-state index contributed by atoms with van der Waals surface area (Å²) in [7, 11) is 0. The van der Waals surface area contributed by atoms with Crippen molar-refractivity contribution in [2.45, 2.75) is 39.2 Å². The average molecular weight is 288 g/mol. The molecule has 0 aliphatic rings. The highest BCUT2D eigenvalue weighted by atomic mass is 19.4. The molecule has 0 saturated heterocycles. The Kier molecular flexibility index (Phi) is 5.86. The smallest absolute Gasteiger partial charge is 0.389 e. The molecule has 0 spiro atoms. The van der Waals surface area contributed by atoms with Crippen LogP contribution < -0.4 is 0 Å². The maximum Gasteiger partial charge on any atom is 0.416 e. The highest BCUT2D eigenvalue weighted by molar-refractivity contribution is 5.34. The lowest BCUT2D eigenvalue weighted by Crippen LogP contribution is -2.12. The molecule has 1 aromatic rings. The summed E-state index contributed by atoms with van der Waals surface area (Å²) in [5.74, 6) is 0. The molecule has 110 valence electrons. The number of alkyl halides is 6. The number of halogens is 6. The van der Waals surface area contributed by atoms with Gasteiger partial charge in [-0.25, -0.2) is 0 Å². The van der Waals surface area contributed by atoms with Crippen molar-refractivity contribution in [2.75, 3.05) is 0 Å². The van der Waals surface area contributed by atoms with Gasteiger partial charge in [-0.15, -0.1) is 0 Å². The van der Waals surface area contributed by atoms with Gasteiger partial charge in [-0.2, -0.15) is 26.3 Å². The first-order valence-electron chi connectivity index (χ1n) is 5.49. The molecule has 0 heterocycles. The molecule has 0 aliphatic heterocycles. The molecule has 7 heteroatoms. The summed E-state index contributed by atoms with van der Waals surface area (Å²) < 4.78 is 74.1. The van der Waals surface area contributed by atoms with Crippen LogP contribution in [-0.2, 0) is 12.4 Å². The van der Waals surface area contributed by atoms with Gasteiger partial charge in [-0.1, -0.05) is 13.8 Å². The molecule has 0 aliphatic carbocycles. The van der Waals surface area contributed by atoms with E-state index < -0.39 is 35.1 Å². The van der Waals surface area contributed by atoms with Crippen molar-refractivity contribution >= 4 is 0 Å². The van der Waals surface area contributed by atoms with Gasteiger partial charge in [-0.3, -0.25) is 0 Å². The summed E-state index contributed by atoms with van der Waals surface area (Å²) in [4.78, 5) is 0. The lowest BCUT2D eigenvalue weighted by molar-refractivity contribution is -0.143. The maximum atomic E-state index is 12.4. The van der Waals surface area contributed by atoms with Crippen molar-refractivity contribution in [3.05, 3.63) is 34.9 Å². The molecule has 0 saturated carbocycles. The van der Waals surface area contributed by atoms with E-state index in [4.69, 9.17) is 5.11 Å². The van der Waals surface area contributed by atoms with E-state index in [-0.39, 0.29) is 6.07 Å². The lowest BCUT2D eigenvalue weighted by atomic mass is 10.0. The highest BCUT2D eigenvalue weighted by Gasteiger charge is 2.37. The van der Waals surface area contributed by atoms with Crippen LogP contribution in [0.25, 0.3) is 0 Å². The Morgan fingerprint density at radius 1 is 0.842 bits per heavy atom. The van der Waals surface area contributed by atoms with Gasteiger partial charge in [0.1, 0.15) is 0 Å². The molecule has 1 rings (SSSR count). The van der Waals surface area contributed by atoms with Crippen molar-refractivity contribution in [3.63, 3.8) is 0 Å². The molecule has 1 aromatic carbocycles. The summed E-state index contributed by atoms with van der Waals surface area (Å²) in [6.45, 7) is 5.09. The average Bonchev–Trinajstić information content (AvgIpc) is 2.28. The fraction of sp³-hybridized carbons (Fsp3) is 0.500. The number of hydrogen-bond acceptors (Lipinski definition) is 1. The number of hydrogen-bond donors (Lipinski definition) is 1. The predicted molar refractivity (Wildman–Crippen MR) is 58.4 cm³/mol. The van der Waals surface area contributed by atoms with E-state index in [1.54, 1.807) is 0 Å². The van der Waals surface area contributed by atoms with Crippen molar-refractivity contribution in [1.29, 1.82) is 0 Å². The maximum absolute atomic E-state index is 12.4. The fourth-order valence-electron chi connectivity index (χ4n) is 1.22. The van der Waals surface area contributed by atoms with Crippen LogP contribution in [-0.4, -0.2) is 5.11 Å². The molecular formula is C12H14F6O. The minimum atomic E-state index is -4.88. The van der Waals surface area contributed by atoms with Crippen LogP contribution >= 0.6 is 0 Å². The third kappa shape index (κ3) is 5.10. The second kappa shape index (κ2) is 6.27. The van der Waals surface area contributed by atoms with E-state index in [0.717, 1.165) is 6.92 Å². The Morgan fingerprint density at radius 3 is 1.37 bits per heavy atom. The van der Waals surface area contributed by atoms with Crippen LogP contribution in [0.5, 0.6) is 0 Å². The van der Waals surface area contributed by atoms with Crippen molar-refractivity contribution in [3.8, 4) is 0 Å². The van der Waals surface area contributed by atoms with E-state index in [1.165, 1.54) is 0 Å². The molecule has 1 N–H and O–H groups in total. The fourth-order valence-corrected chi connectivity index (χ4v) is 1.22. The van der Waals surface area contributed by atoms with E-state index in [9.17, 15) is 26.3 Å². The second-order valence-electron chi connectivity index (χ2n) is 3.52. The zero-order valence-electron chi connectivity index (χ0n) is 10.5. The summed E-state index contributed by atoms with van der Waals surface area (Å²) >= 11 is 0. The molecule has 0 aromatic heterocycles. The van der Waals surface area contributed by atoms with E-state index in [0.29, 0.717) is 12.1 Å². The molecule has 1 atom stereocenters. The molecular weight excluding hydrogens is 274 g/mol. The van der Waals surface area contributed by atoms with Crippen LogP contribution in [0.1, 0.15) is 43.6 Å². The van der Waals surface area contributed by atoms with Gasteiger partial charge in [0.2, 0.25) is 0 Å². The number of rotatable bonds is 1. The quantitative estimate of drug-likeness (QED) is 0.736. The molecule has 1 unspecified atom stereocenters. The largest absolute Gasteiger partial charge is 0.416 e. The number of aliphatic hydroxyl groups excluding tert-OH is 1. The van der Waals surface area contributed by atoms with Crippen LogP contribution in [0.3, 0.4) is 0 Å². The topological polar surface area (TPSA) is 20.2 Å². The lowest BCUT2D eigenvalue weighted by Gasteiger charge is -2.15. The van der Waals surface area contributed by atoms with Gasteiger partial charge in [-0.05, 0) is 30.7 Å². The minimum Gasteiger partial charge on any atom is -0.389 e. The van der Waals surface area contributed by atoms with Gasteiger partial charge < -0.3 is 5.11 Å². The van der Waals surface area contributed by atoms with Gasteiger partial charge in [0.05, 0.1) is 17.2 Å². The normalized spacial score (nSPS) is 13.6. The first kappa shape index (κ1) is 17.8. The van der Waals surface area contributed by atoms with Gasteiger partial charge >= 0.3 is 12.4 Å². The Bertz CT molecular complexity index is 373. The molecule has 0 fully saturated rings. The van der Waals surface area contributed by atoms with Crippen LogP contribution in [0, 0.1) is 0 Å². The standard InChI is InChI=1S/C10H8F6O.C2H6/c1-5(17)6-2-7(9(11,12)13)4-8(3-6)10(14,15)16;1-2/h2-5,17H,1H3;1-2H3.